The number of nitrogens with zero attached hydrogens (tertiary/aromatic N) is 4. The Balaban J connectivity index is 0.000000246. The van der Waals surface area contributed by atoms with E-state index in [-0.39, 0.29) is 5.56 Å². The molecule has 0 atom stereocenters. The standard InChI is InChI=1S/C11H7N3O2.C5H5N/c1-2-8-4-3-5-9(11(15)16)10(8)14-7-12-6-13-14;1-2-4-6-5-3-1/h1,3-7H,(H,15,16);1-5H. The Bertz CT molecular complexity index is 751. The van der Waals surface area contributed by atoms with Crippen LogP contribution in [0.3, 0.4) is 0 Å². The zero-order valence-corrected chi connectivity index (χ0v) is 11.5. The SMILES string of the molecule is C#Cc1cccc(C(=O)O)c1-n1cncn1.c1ccncc1. The summed E-state index contributed by atoms with van der Waals surface area (Å²) in [6.07, 6.45) is 11.5. The highest BCUT2D eigenvalue weighted by Gasteiger charge is 2.15. The number of aromatic carboxylic acids is 1. The molecule has 3 rings (SSSR count). The molecule has 0 saturated carbocycles. The molecule has 2 aromatic heterocycles. The lowest BCUT2D eigenvalue weighted by Crippen LogP contribution is -2.08. The average molecular weight is 292 g/mol. The van der Waals surface area contributed by atoms with Crippen molar-refractivity contribution < 1.29 is 9.90 Å². The molecule has 108 valence electrons. The molecular formula is C16H12N4O2. The number of carboxylic acids is 1. The number of pyridine rings is 1. The van der Waals surface area contributed by atoms with Gasteiger partial charge in [0.15, 0.2) is 0 Å². The maximum Gasteiger partial charge on any atom is 0.337 e. The first-order valence-corrected chi connectivity index (χ1v) is 6.27. The van der Waals surface area contributed by atoms with Crippen LogP contribution >= 0.6 is 0 Å². The van der Waals surface area contributed by atoms with Crippen LogP contribution in [0.2, 0.25) is 0 Å². The van der Waals surface area contributed by atoms with Crippen LogP contribution in [-0.2, 0) is 0 Å². The van der Waals surface area contributed by atoms with Crippen LogP contribution < -0.4 is 0 Å². The largest absolute Gasteiger partial charge is 0.478 e. The van der Waals surface area contributed by atoms with Crippen LogP contribution in [0.4, 0.5) is 0 Å². The first kappa shape index (κ1) is 14.9. The van der Waals surface area contributed by atoms with E-state index in [9.17, 15) is 4.79 Å². The molecule has 2 heterocycles. The molecule has 6 heteroatoms. The second-order valence-electron chi connectivity index (χ2n) is 4.02. The van der Waals surface area contributed by atoms with Crippen LogP contribution in [0.1, 0.15) is 15.9 Å². The minimum atomic E-state index is -1.05. The van der Waals surface area contributed by atoms with E-state index in [1.54, 1.807) is 24.5 Å². The smallest absolute Gasteiger partial charge is 0.337 e. The maximum absolute atomic E-state index is 11.1. The second kappa shape index (κ2) is 7.36. The Morgan fingerprint density at radius 1 is 1.14 bits per heavy atom. The van der Waals surface area contributed by atoms with E-state index < -0.39 is 5.97 Å². The predicted molar refractivity (Wildman–Crippen MR) is 80.5 cm³/mol. The third-order valence-corrected chi connectivity index (χ3v) is 2.64. The number of benzene rings is 1. The van der Waals surface area contributed by atoms with Gasteiger partial charge < -0.3 is 5.11 Å². The van der Waals surface area contributed by atoms with Gasteiger partial charge in [0, 0.05) is 12.4 Å². The van der Waals surface area contributed by atoms with Crippen LogP contribution in [0, 0.1) is 12.3 Å². The fourth-order valence-corrected chi connectivity index (χ4v) is 1.72. The van der Waals surface area contributed by atoms with E-state index in [0.717, 1.165) is 0 Å². The minimum Gasteiger partial charge on any atom is -0.478 e. The van der Waals surface area contributed by atoms with Crippen molar-refractivity contribution in [3.63, 3.8) is 0 Å². The van der Waals surface area contributed by atoms with Gasteiger partial charge in [-0.2, -0.15) is 5.10 Å². The fraction of sp³-hybridized carbons (Fsp3) is 0. The molecule has 6 nitrogen and oxygen atoms in total. The van der Waals surface area contributed by atoms with Crippen LogP contribution in [0.5, 0.6) is 0 Å². The molecule has 0 spiro atoms. The predicted octanol–water partition coefficient (Wildman–Crippen LogP) is 2.03. The van der Waals surface area contributed by atoms with Gasteiger partial charge >= 0.3 is 5.97 Å². The number of para-hydroxylation sites is 1. The van der Waals surface area contributed by atoms with Crippen molar-refractivity contribution in [1.29, 1.82) is 0 Å². The van der Waals surface area contributed by atoms with Crippen molar-refractivity contribution in [2.24, 2.45) is 0 Å². The van der Waals surface area contributed by atoms with E-state index in [1.807, 2.05) is 18.2 Å². The molecule has 0 aliphatic carbocycles. The zero-order chi connectivity index (χ0) is 15.8. The van der Waals surface area contributed by atoms with Crippen molar-refractivity contribution in [3.8, 4) is 18.0 Å². The summed E-state index contributed by atoms with van der Waals surface area (Å²) in [6.45, 7) is 0. The van der Waals surface area contributed by atoms with E-state index in [1.165, 1.54) is 23.4 Å². The lowest BCUT2D eigenvalue weighted by molar-refractivity contribution is 0.0696. The highest BCUT2D eigenvalue weighted by Crippen LogP contribution is 2.18. The fourth-order valence-electron chi connectivity index (χ4n) is 1.72. The molecule has 1 aromatic carbocycles. The van der Waals surface area contributed by atoms with Gasteiger partial charge in [0.25, 0.3) is 0 Å². The van der Waals surface area contributed by atoms with Crippen LogP contribution in [-0.4, -0.2) is 30.8 Å². The van der Waals surface area contributed by atoms with E-state index in [4.69, 9.17) is 11.5 Å². The summed E-state index contributed by atoms with van der Waals surface area (Å²) >= 11 is 0. The molecule has 0 amide bonds. The van der Waals surface area contributed by atoms with E-state index >= 15 is 0 Å². The number of aromatic nitrogens is 4. The van der Waals surface area contributed by atoms with Crippen molar-refractivity contribution in [2.45, 2.75) is 0 Å². The van der Waals surface area contributed by atoms with Crippen molar-refractivity contribution >= 4 is 5.97 Å². The highest BCUT2D eigenvalue weighted by atomic mass is 16.4. The monoisotopic (exact) mass is 292 g/mol. The van der Waals surface area contributed by atoms with Crippen LogP contribution in [0.25, 0.3) is 5.69 Å². The maximum atomic E-state index is 11.1. The van der Waals surface area contributed by atoms with Gasteiger partial charge in [0.2, 0.25) is 0 Å². The molecule has 1 N–H and O–H groups in total. The summed E-state index contributed by atoms with van der Waals surface area (Å²) in [5, 5.41) is 12.9. The van der Waals surface area contributed by atoms with Gasteiger partial charge in [0.1, 0.15) is 12.7 Å². The van der Waals surface area contributed by atoms with E-state index in [0.29, 0.717) is 11.3 Å². The third kappa shape index (κ3) is 3.55. The first-order valence-electron chi connectivity index (χ1n) is 6.27. The molecule has 22 heavy (non-hydrogen) atoms. The molecule has 0 unspecified atom stereocenters. The molecule has 0 fully saturated rings. The highest BCUT2D eigenvalue weighted by molar-refractivity contribution is 5.93. The molecule has 0 radical (unpaired) electrons. The number of carbonyl (C=O) groups is 1. The van der Waals surface area contributed by atoms with Crippen LogP contribution in [0.15, 0.2) is 61.4 Å². The number of terminal acetylenes is 1. The Labute approximate surface area is 127 Å². The number of hydrogen-bond donors (Lipinski definition) is 1. The normalized spacial score (nSPS) is 9.23. The lowest BCUT2D eigenvalue weighted by atomic mass is 10.1. The molecule has 3 aromatic rings. The molecular weight excluding hydrogens is 280 g/mol. The van der Waals surface area contributed by atoms with Crippen molar-refractivity contribution in [1.82, 2.24) is 19.7 Å². The van der Waals surface area contributed by atoms with Gasteiger partial charge in [-0.15, -0.1) is 6.42 Å². The summed E-state index contributed by atoms with van der Waals surface area (Å²) in [7, 11) is 0. The number of carboxylic acid groups (broad SMARTS) is 1. The summed E-state index contributed by atoms with van der Waals surface area (Å²) in [6, 6.07) is 10.4. The van der Waals surface area contributed by atoms with Crippen molar-refractivity contribution in [3.05, 3.63) is 72.6 Å². The minimum absolute atomic E-state index is 0.0981. The summed E-state index contributed by atoms with van der Waals surface area (Å²) < 4.78 is 1.35. The Kier molecular flexibility index (Phi) is 5.00. The second-order valence-corrected chi connectivity index (χ2v) is 4.02. The van der Waals surface area contributed by atoms with Gasteiger partial charge in [-0.1, -0.05) is 18.1 Å². The van der Waals surface area contributed by atoms with Gasteiger partial charge in [0.05, 0.1) is 16.8 Å². The Morgan fingerprint density at radius 3 is 2.36 bits per heavy atom. The molecule has 0 aliphatic heterocycles. The quantitative estimate of drug-likeness (QED) is 0.731. The van der Waals surface area contributed by atoms with Gasteiger partial charge in [-0.05, 0) is 24.3 Å². The van der Waals surface area contributed by atoms with Crippen molar-refractivity contribution in [2.75, 3.05) is 0 Å². The number of hydrogen-bond acceptors (Lipinski definition) is 4. The zero-order valence-electron chi connectivity index (χ0n) is 11.5. The summed E-state index contributed by atoms with van der Waals surface area (Å²) in [5.41, 5.74) is 0.918. The van der Waals surface area contributed by atoms with Gasteiger partial charge in [-0.25, -0.2) is 14.5 Å². The average Bonchev–Trinajstić information content (AvgIpc) is 3.10. The van der Waals surface area contributed by atoms with E-state index in [2.05, 4.69) is 21.0 Å². The summed E-state index contributed by atoms with van der Waals surface area (Å²) in [5.74, 6) is 1.37. The Morgan fingerprint density at radius 2 is 1.91 bits per heavy atom. The first-order chi connectivity index (χ1) is 10.7. The summed E-state index contributed by atoms with van der Waals surface area (Å²) in [4.78, 5) is 18.6. The molecule has 0 saturated heterocycles. The topological polar surface area (TPSA) is 80.9 Å². The Hall–Kier alpha value is -3.46. The lowest BCUT2D eigenvalue weighted by Gasteiger charge is -2.07. The number of rotatable bonds is 2. The third-order valence-electron chi connectivity index (χ3n) is 2.64. The molecule has 0 bridgehead atoms. The van der Waals surface area contributed by atoms with Gasteiger partial charge in [-0.3, -0.25) is 4.98 Å². The molecule has 0 aliphatic rings.